The van der Waals surface area contributed by atoms with E-state index < -0.39 is 4.92 Å². The summed E-state index contributed by atoms with van der Waals surface area (Å²) >= 11 is 0. The number of carbonyl (C=O) groups excluding carboxylic acids is 1. The molecule has 0 radical (unpaired) electrons. The van der Waals surface area contributed by atoms with E-state index in [2.05, 4.69) is 10.3 Å². The molecular weight excluding hydrogens is 320 g/mol. The first-order chi connectivity index (χ1) is 11.9. The summed E-state index contributed by atoms with van der Waals surface area (Å²) < 4.78 is 0. The number of aryl methyl sites for hydroxylation is 2. The van der Waals surface area contributed by atoms with E-state index >= 15 is 0 Å². The van der Waals surface area contributed by atoms with Crippen LogP contribution in [0.4, 0.5) is 11.5 Å². The third-order valence-electron chi connectivity index (χ3n) is 4.38. The summed E-state index contributed by atoms with van der Waals surface area (Å²) in [5.74, 6) is 0.543. The number of likely N-dealkylation sites (tertiary alicyclic amines) is 1. The summed E-state index contributed by atoms with van der Waals surface area (Å²) in [5.41, 5.74) is 2.89. The molecule has 1 aliphatic heterocycles. The lowest BCUT2D eigenvalue weighted by molar-refractivity contribution is -0.385. The van der Waals surface area contributed by atoms with Crippen molar-refractivity contribution in [2.45, 2.75) is 32.9 Å². The zero-order chi connectivity index (χ0) is 18.0. The SMILES string of the molecule is Cc1ccc(CN2CCC(Nc3ncc([N+](=O)[O-])cc3C)C2=O)cc1. The number of nitrogens with one attached hydrogen (secondary N) is 1. The summed E-state index contributed by atoms with van der Waals surface area (Å²) in [6, 6.07) is 9.25. The summed E-state index contributed by atoms with van der Waals surface area (Å²) in [6.45, 7) is 5.04. The maximum Gasteiger partial charge on any atom is 0.287 e. The third-order valence-corrected chi connectivity index (χ3v) is 4.38. The molecule has 130 valence electrons. The maximum atomic E-state index is 12.6. The van der Waals surface area contributed by atoms with E-state index in [-0.39, 0.29) is 17.6 Å². The molecule has 2 heterocycles. The molecule has 1 unspecified atom stereocenters. The number of hydrogen-bond donors (Lipinski definition) is 1. The normalized spacial score (nSPS) is 17.0. The molecule has 1 aliphatic rings. The first-order valence-electron chi connectivity index (χ1n) is 8.16. The van der Waals surface area contributed by atoms with E-state index in [1.165, 1.54) is 17.8 Å². The van der Waals surface area contributed by atoms with Crippen LogP contribution in [0, 0.1) is 24.0 Å². The van der Waals surface area contributed by atoms with Gasteiger partial charge in [0, 0.05) is 19.2 Å². The Labute approximate surface area is 145 Å². The van der Waals surface area contributed by atoms with Gasteiger partial charge in [-0.3, -0.25) is 14.9 Å². The number of nitrogens with zero attached hydrogens (tertiary/aromatic N) is 3. The van der Waals surface area contributed by atoms with Gasteiger partial charge in [-0.15, -0.1) is 0 Å². The number of nitro groups is 1. The van der Waals surface area contributed by atoms with E-state index in [4.69, 9.17) is 0 Å². The van der Waals surface area contributed by atoms with Crippen molar-refractivity contribution in [3.05, 3.63) is 63.3 Å². The zero-order valence-corrected chi connectivity index (χ0v) is 14.2. The van der Waals surface area contributed by atoms with Crippen LogP contribution in [-0.2, 0) is 11.3 Å². The van der Waals surface area contributed by atoms with Crippen molar-refractivity contribution in [1.29, 1.82) is 0 Å². The first kappa shape index (κ1) is 16.9. The molecule has 3 rings (SSSR count). The Morgan fingerprint density at radius 3 is 2.68 bits per heavy atom. The van der Waals surface area contributed by atoms with Crippen LogP contribution in [0.3, 0.4) is 0 Å². The van der Waals surface area contributed by atoms with Gasteiger partial charge in [0.15, 0.2) is 0 Å². The van der Waals surface area contributed by atoms with Crippen LogP contribution in [0.5, 0.6) is 0 Å². The first-order valence-corrected chi connectivity index (χ1v) is 8.16. The second kappa shape index (κ2) is 6.88. The van der Waals surface area contributed by atoms with E-state index in [1.807, 2.05) is 36.1 Å². The Bertz CT molecular complexity index is 804. The largest absolute Gasteiger partial charge is 0.358 e. The molecule has 1 N–H and O–H groups in total. The van der Waals surface area contributed by atoms with Crippen LogP contribution in [0.1, 0.15) is 23.1 Å². The van der Waals surface area contributed by atoms with Crippen molar-refractivity contribution in [3.8, 4) is 0 Å². The molecule has 0 bridgehead atoms. The fourth-order valence-corrected chi connectivity index (χ4v) is 2.92. The molecule has 1 saturated heterocycles. The van der Waals surface area contributed by atoms with Crippen molar-refractivity contribution in [1.82, 2.24) is 9.88 Å². The van der Waals surface area contributed by atoms with E-state index in [0.717, 1.165) is 5.56 Å². The predicted octanol–water partition coefficient (Wildman–Crippen LogP) is 2.82. The Balaban J connectivity index is 1.66. The van der Waals surface area contributed by atoms with Gasteiger partial charge in [-0.05, 0) is 31.4 Å². The minimum absolute atomic E-state index is 0.0279. The molecule has 2 aromatic rings. The summed E-state index contributed by atoms with van der Waals surface area (Å²) in [7, 11) is 0. The molecule has 1 aromatic heterocycles. The Kier molecular flexibility index (Phi) is 4.65. The number of anilines is 1. The predicted molar refractivity (Wildman–Crippen MR) is 94.3 cm³/mol. The molecule has 1 aromatic carbocycles. The number of benzene rings is 1. The van der Waals surface area contributed by atoms with Gasteiger partial charge < -0.3 is 10.2 Å². The summed E-state index contributed by atoms with van der Waals surface area (Å²) in [5, 5.41) is 13.9. The molecule has 1 amide bonds. The minimum atomic E-state index is -0.478. The lowest BCUT2D eigenvalue weighted by atomic mass is 10.1. The Morgan fingerprint density at radius 2 is 2.04 bits per heavy atom. The molecule has 25 heavy (non-hydrogen) atoms. The van der Waals surface area contributed by atoms with Crippen LogP contribution in [0.15, 0.2) is 36.5 Å². The molecule has 7 nitrogen and oxygen atoms in total. The molecule has 1 atom stereocenters. The lowest BCUT2D eigenvalue weighted by Gasteiger charge is -2.18. The van der Waals surface area contributed by atoms with Crippen molar-refractivity contribution in [3.63, 3.8) is 0 Å². The van der Waals surface area contributed by atoms with Crippen LogP contribution < -0.4 is 5.32 Å². The average molecular weight is 340 g/mol. The number of rotatable bonds is 5. The summed E-state index contributed by atoms with van der Waals surface area (Å²) in [4.78, 5) is 28.8. The summed E-state index contributed by atoms with van der Waals surface area (Å²) in [6.07, 6.45) is 1.89. The minimum Gasteiger partial charge on any atom is -0.358 e. The molecule has 1 fully saturated rings. The second-order valence-corrected chi connectivity index (χ2v) is 6.35. The van der Waals surface area contributed by atoms with Crippen molar-refractivity contribution >= 4 is 17.4 Å². The number of amides is 1. The van der Waals surface area contributed by atoms with E-state index in [1.54, 1.807) is 6.92 Å². The zero-order valence-electron chi connectivity index (χ0n) is 14.2. The molecule has 0 aliphatic carbocycles. The molecule has 0 spiro atoms. The smallest absolute Gasteiger partial charge is 0.287 e. The third kappa shape index (κ3) is 3.76. The number of carbonyl (C=O) groups is 1. The highest BCUT2D eigenvalue weighted by molar-refractivity contribution is 5.86. The highest BCUT2D eigenvalue weighted by atomic mass is 16.6. The van der Waals surface area contributed by atoms with Crippen molar-refractivity contribution in [2.24, 2.45) is 0 Å². The average Bonchev–Trinajstić information content (AvgIpc) is 2.92. The van der Waals surface area contributed by atoms with Gasteiger partial charge in [-0.1, -0.05) is 29.8 Å². The van der Waals surface area contributed by atoms with E-state index in [9.17, 15) is 14.9 Å². The highest BCUT2D eigenvalue weighted by Crippen LogP contribution is 2.22. The lowest BCUT2D eigenvalue weighted by Crippen LogP contribution is -2.33. The number of pyridine rings is 1. The van der Waals surface area contributed by atoms with Gasteiger partial charge in [0.1, 0.15) is 18.1 Å². The number of hydrogen-bond acceptors (Lipinski definition) is 5. The van der Waals surface area contributed by atoms with Crippen molar-refractivity contribution in [2.75, 3.05) is 11.9 Å². The van der Waals surface area contributed by atoms with Crippen LogP contribution in [0.25, 0.3) is 0 Å². The van der Waals surface area contributed by atoms with Crippen LogP contribution >= 0.6 is 0 Å². The fourth-order valence-electron chi connectivity index (χ4n) is 2.92. The van der Waals surface area contributed by atoms with Crippen molar-refractivity contribution < 1.29 is 9.72 Å². The molecule has 7 heteroatoms. The monoisotopic (exact) mass is 340 g/mol. The van der Waals surface area contributed by atoms with Gasteiger partial charge in [0.05, 0.1) is 4.92 Å². The molecule has 0 saturated carbocycles. The van der Waals surface area contributed by atoms with Gasteiger partial charge in [-0.25, -0.2) is 4.98 Å². The van der Waals surface area contributed by atoms with Gasteiger partial charge >= 0.3 is 0 Å². The highest BCUT2D eigenvalue weighted by Gasteiger charge is 2.32. The Hall–Kier alpha value is -2.96. The van der Waals surface area contributed by atoms with E-state index in [0.29, 0.717) is 30.9 Å². The molecular formula is C18H20N4O3. The fraction of sp³-hybridized carbons (Fsp3) is 0.333. The Morgan fingerprint density at radius 1 is 1.32 bits per heavy atom. The van der Waals surface area contributed by atoms with Crippen LogP contribution in [0.2, 0.25) is 0 Å². The standard InChI is InChI=1S/C18H20N4O3/c1-12-3-5-14(6-4-12)11-21-8-7-16(18(21)23)20-17-13(2)9-15(10-19-17)22(24)25/h3-6,9-10,16H,7-8,11H2,1-2H3,(H,19,20). The quantitative estimate of drug-likeness (QED) is 0.668. The maximum absolute atomic E-state index is 12.6. The van der Waals surface area contributed by atoms with Gasteiger partial charge in [0.2, 0.25) is 5.91 Å². The number of aromatic nitrogens is 1. The van der Waals surface area contributed by atoms with Gasteiger partial charge in [0.25, 0.3) is 5.69 Å². The van der Waals surface area contributed by atoms with Crippen LogP contribution in [-0.4, -0.2) is 33.3 Å². The van der Waals surface area contributed by atoms with Gasteiger partial charge in [-0.2, -0.15) is 0 Å². The second-order valence-electron chi connectivity index (χ2n) is 6.35. The topological polar surface area (TPSA) is 88.4 Å².